The van der Waals surface area contributed by atoms with Gasteiger partial charge in [0, 0.05) is 10.6 Å². The summed E-state index contributed by atoms with van der Waals surface area (Å²) in [6.45, 7) is -4.09. The van der Waals surface area contributed by atoms with Crippen LogP contribution in [0.15, 0.2) is 83.0 Å². The van der Waals surface area contributed by atoms with Crippen LogP contribution in [0.4, 0.5) is 0 Å². The second-order valence-electron chi connectivity index (χ2n) is 9.80. The molecule has 1 nitrogen and oxygen atoms in total. The topological polar surface area (TPSA) is 20.2 Å². The van der Waals surface area contributed by atoms with E-state index in [4.69, 9.17) is 0 Å². The van der Waals surface area contributed by atoms with E-state index in [-0.39, 0.29) is 0 Å². The first kappa shape index (κ1) is 23.2. The fraction of sp³-hybridized carbons (Fsp3) is 0.273. The molecule has 5 heteroatoms. The number of hydrogen-bond acceptors (Lipinski definition) is 1. The van der Waals surface area contributed by atoms with Crippen molar-refractivity contribution in [2.24, 2.45) is 0 Å². The standard InChI is InChI=1S/C12H11OP.C5H5.5CH3.2BrH.Ir/c13-14(11-7-3-1-4-8-11)12-9-5-2-6-10-12;1-2-4-5-3-1;;;;;;;;/h1-10,13H;1-3H,4H2;5*1H3;2*1H;/q;;;;;;;;;+2/p-2. The van der Waals surface area contributed by atoms with E-state index in [0.29, 0.717) is 0 Å². The molecule has 0 fully saturated rings. The maximum absolute atomic E-state index is 10.1. The van der Waals surface area contributed by atoms with Gasteiger partial charge in [0.15, 0.2) is 0 Å². The van der Waals surface area contributed by atoms with Gasteiger partial charge < -0.3 is 4.89 Å². The second-order valence-corrected chi connectivity index (χ2v) is 111. The average Bonchev–Trinajstić information content (AvgIpc) is 3.10. The molecular formula is C22H31Br2IrOP. The predicted molar refractivity (Wildman–Crippen MR) is 130 cm³/mol. The molecule has 0 saturated carbocycles. The van der Waals surface area contributed by atoms with Gasteiger partial charge in [-0.25, -0.2) is 0 Å². The van der Waals surface area contributed by atoms with Crippen molar-refractivity contribution in [2.75, 3.05) is 0 Å². The van der Waals surface area contributed by atoms with Crippen molar-refractivity contribution in [2.45, 2.75) is 33.6 Å². The van der Waals surface area contributed by atoms with Crippen molar-refractivity contribution in [1.82, 2.24) is 0 Å². The maximum atomic E-state index is 10.1. The summed E-state index contributed by atoms with van der Waals surface area (Å²) in [7, 11) is -1.17. The summed E-state index contributed by atoms with van der Waals surface area (Å²) in [5, 5.41) is 1.99. The summed E-state index contributed by atoms with van der Waals surface area (Å²) in [5.74, 6) is 0. The molecule has 0 aromatic heterocycles. The van der Waals surface area contributed by atoms with E-state index in [9.17, 15) is 4.89 Å². The Morgan fingerprint density at radius 2 is 1.19 bits per heavy atom. The second kappa shape index (κ2) is 5.54. The summed E-state index contributed by atoms with van der Waals surface area (Å²) >= 11 is 8.19. The van der Waals surface area contributed by atoms with E-state index in [0.717, 1.165) is 17.0 Å². The van der Waals surface area contributed by atoms with Crippen LogP contribution >= 0.6 is 35.1 Å². The van der Waals surface area contributed by atoms with Gasteiger partial charge in [-0.05, 0) is 0 Å². The average molecular weight is 694 g/mol. The fourth-order valence-corrected chi connectivity index (χ4v) is 12.5. The third-order valence-corrected chi connectivity index (χ3v) is 20.8. The normalized spacial score (nSPS) is 19.7. The third kappa shape index (κ3) is 7.35. The quantitative estimate of drug-likeness (QED) is 0.323. The Morgan fingerprint density at radius 3 is 1.44 bits per heavy atom. The monoisotopic (exact) mass is 693 g/mol. The number of halogens is 2. The van der Waals surface area contributed by atoms with E-state index < -0.39 is 14.6 Å². The molecule has 0 saturated heterocycles. The molecule has 27 heavy (non-hydrogen) atoms. The molecule has 0 atom stereocenters. The Kier molecular flexibility index (Phi) is 4.76. The van der Waals surface area contributed by atoms with Gasteiger partial charge in [-0.1, -0.05) is 60.7 Å². The number of benzene rings is 2. The van der Waals surface area contributed by atoms with Crippen LogP contribution < -0.4 is 10.6 Å². The van der Waals surface area contributed by atoms with Crippen molar-refractivity contribution < 1.29 is 11.4 Å². The van der Waals surface area contributed by atoms with Gasteiger partial charge in [0.2, 0.25) is 0 Å². The number of hydrogen-bond donors (Lipinski definition) is 1. The van der Waals surface area contributed by atoms with Crippen molar-refractivity contribution in [3.63, 3.8) is 0 Å². The molecule has 1 aliphatic carbocycles. The molecule has 0 heterocycles. The van der Waals surface area contributed by atoms with Crippen LogP contribution in [0.2, 0.25) is 27.2 Å². The summed E-state index contributed by atoms with van der Waals surface area (Å²) in [5.41, 5.74) is 11.7. The Morgan fingerprint density at radius 1 is 0.778 bits per heavy atom. The van der Waals surface area contributed by atoms with E-state index in [1.54, 1.807) is 0 Å². The zero-order valence-corrected chi connectivity index (χ0v) is 23.2. The van der Waals surface area contributed by atoms with Crippen LogP contribution in [0, 0.1) is 0 Å². The molecule has 0 unspecified atom stereocenters. The van der Waals surface area contributed by atoms with E-state index in [1.165, 1.54) is 4.09 Å². The summed E-state index contributed by atoms with van der Waals surface area (Å²) in [6.07, 6.45) is 7.64. The molecule has 0 radical (unpaired) electrons. The molecule has 1 aliphatic rings. The van der Waals surface area contributed by atoms with Crippen molar-refractivity contribution in [3.05, 3.63) is 83.0 Å². The van der Waals surface area contributed by atoms with Gasteiger partial charge in [-0.15, -0.1) is 0 Å². The zero-order chi connectivity index (χ0) is 20.6. The van der Waals surface area contributed by atoms with Gasteiger partial charge in [0.1, 0.15) is 0 Å². The Labute approximate surface area is 172 Å². The first-order valence-electron chi connectivity index (χ1n) is 8.27. The predicted octanol–water partition coefficient (Wildman–Crippen LogP) is 8.01. The minimum atomic E-state index is -4.09. The summed E-state index contributed by atoms with van der Waals surface area (Å²) < 4.78 is 1.48. The van der Waals surface area contributed by atoms with Crippen LogP contribution in [-0.2, 0) is 6.46 Å². The van der Waals surface area contributed by atoms with Crippen LogP contribution in [-0.4, -0.2) is 4.89 Å². The SMILES string of the molecule is OP(c1ccccc1)c1ccccc1.[CH3][Ir]([CH3])([CH3])([CH3])([CH3])([Br])([Br])[C]1=CC=CC1. The molecule has 0 amide bonds. The Hall–Kier alpha value is -0.0806. The molecule has 2 aromatic carbocycles. The molecule has 2 aromatic rings. The zero-order valence-electron chi connectivity index (χ0n) is 16.7. The first-order valence-corrected chi connectivity index (χ1v) is 33.2. The third-order valence-electron chi connectivity index (χ3n) is 3.94. The van der Waals surface area contributed by atoms with Crippen LogP contribution in [0.25, 0.3) is 0 Å². The van der Waals surface area contributed by atoms with Gasteiger partial charge in [0.05, 0.1) is 8.15 Å². The number of rotatable bonds is 3. The molecule has 1 N–H and O–H groups in total. The molecule has 153 valence electrons. The summed E-state index contributed by atoms with van der Waals surface area (Å²) in [4.78, 5) is 10.1. The van der Waals surface area contributed by atoms with Crippen molar-refractivity contribution in [1.29, 1.82) is 0 Å². The van der Waals surface area contributed by atoms with Crippen molar-refractivity contribution >= 4 is 45.7 Å². The van der Waals surface area contributed by atoms with Crippen LogP contribution in [0.1, 0.15) is 6.42 Å². The molecular weight excluding hydrogens is 663 g/mol. The molecule has 0 spiro atoms. The van der Waals surface area contributed by atoms with Crippen molar-refractivity contribution in [3.8, 4) is 0 Å². The Bertz CT molecular complexity index is 860. The molecule has 0 bridgehead atoms. The van der Waals surface area contributed by atoms with E-state index in [1.807, 2.05) is 60.7 Å². The molecule has 0 aliphatic heterocycles. The Balaban J connectivity index is 0.000000194. The van der Waals surface area contributed by atoms with Gasteiger partial charge in [-0.2, -0.15) is 0 Å². The van der Waals surface area contributed by atoms with E-state index >= 15 is 0 Å². The first-order chi connectivity index (χ1) is 11.9. The van der Waals surface area contributed by atoms with Gasteiger partial charge in [0.25, 0.3) is 0 Å². The number of allylic oxidation sites excluding steroid dienone is 4. The van der Waals surface area contributed by atoms with Crippen LogP contribution in [0.3, 0.4) is 0 Å². The molecule has 3 rings (SSSR count). The van der Waals surface area contributed by atoms with E-state index in [2.05, 4.69) is 72.4 Å². The van der Waals surface area contributed by atoms with Gasteiger partial charge in [-0.3, -0.25) is 0 Å². The fourth-order valence-electron chi connectivity index (χ4n) is 2.41. The van der Waals surface area contributed by atoms with Gasteiger partial charge >= 0.3 is 89.4 Å². The summed E-state index contributed by atoms with van der Waals surface area (Å²) in [6, 6.07) is 19.5. The minimum absolute atomic E-state index is 0.994. The van der Waals surface area contributed by atoms with Crippen LogP contribution in [0.5, 0.6) is 0 Å².